The van der Waals surface area contributed by atoms with Gasteiger partial charge in [-0.3, -0.25) is 4.79 Å². The maximum Gasteiger partial charge on any atom is 0.274 e. The van der Waals surface area contributed by atoms with Crippen LogP contribution in [0.4, 0.5) is 0 Å². The van der Waals surface area contributed by atoms with Gasteiger partial charge in [0.1, 0.15) is 0 Å². The molecule has 0 bridgehead atoms. The Morgan fingerprint density at radius 2 is 1.48 bits per heavy atom. The molecule has 1 saturated heterocycles. The lowest BCUT2D eigenvalue weighted by atomic mass is 9.89. The van der Waals surface area contributed by atoms with Crippen molar-refractivity contribution < 1.29 is 4.79 Å². The summed E-state index contributed by atoms with van der Waals surface area (Å²) >= 11 is 17.1. The fourth-order valence-corrected chi connectivity index (χ4v) is 3.68. The third-order valence-electron chi connectivity index (χ3n) is 4.73. The Morgan fingerprint density at radius 3 is 2.04 bits per heavy atom. The molecule has 1 aliphatic rings. The summed E-state index contributed by atoms with van der Waals surface area (Å²) in [7, 11) is 0. The monoisotopic (exact) mass is 395 g/mol. The molecule has 1 aliphatic heterocycles. The molecule has 25 heavy (non-hydrogen) atoms. The largest absolute Gasteiger partial charge is 0.339 e. The minimum absolute atomic E-state index is 0.414. The molecule has 0 unspecified atom stereocenters. The zero-order valence-corrected chi connectivity index (χ0v) is 16.1. The van der Waals surface area contributed by atoms with Crippen molar-refractivity contribution in [2.45, 2.75) is 23.1 Å². The van der Waals surface area contributed by atoms with Crippen LogP contribution in [0.15, 0.2) is 54.6 Å². The van der Waals surface area contributed by atoms with Crippen molar-refractivity contribution in [1.29, 1.82) is 0 Å². The Labute approximate surface area is 163 Å². The van der Waals surface area contributed by atoms with Gasteiger partial charge in [-0.1, -0.05) is 89.4 Å². The number of benzene rings is 2. The van der Waals surface area contributed by atoms with Crippen molar-refractivity contribution in [3.8, 4) is 11.1 Å². The predicted molar refractivity (Wildman–Crippen MR) is 105 cm³/mol. The minimum Gasteiger partial charge on any atom is -0.339 e. The van der Waals surface area contributed by atoms with Gasteiger partial charge in [0.2, 0.25) is 0 Å². The SMILES string of the molecule is O=C(N1CCC(Cc2ccc(-c3ccccc3)cc2)CC1)C(Cl)(Cl)Cl. The smallest absolute Gasteiger partial charge is 0.274 e. The first-order valence-corrected chi connectivity index (χ1v) is 9.57. The standard InChI is InChI=1S/C20H20Cl3NO/c21-20(22,23)19(25)24-12-10-16(11-13-24)14-15-6-8-18(9-7-15)17-4-2-1-3-5-17/h1-9,16H,10-14H2. The molecule has 3 rings (SSSR count). The van der Waals surface area contributed by atoms with Crippen molar-refractivity contribution in [2.24, 2.45) is 5.92 Å². The van der Waals surface area contributed by atoms with Crippen molar-refractivity contribution in [1.82, 2.24) is 4.90 Å². The summed E-state index contributed by atoms with van der Waals surface area (Å²) in [6, 6.07) is 19.1. The normalized spacial score (nSPS) is 16.0. The Kier molecular flexibility index (Phi) is 5.93. The van der Waals surface area contributed by atoms with E-state index in [1.165, 1.54) is 16.7 Å². The minimum atomic E-state index is -1.85. The summed E-state index contributed by atoms with van der Waals surface area (Å²) < 4.78 is -1.85. The zero-order chi connectivity index (χ0) is 17.9. The Hall–Kier alpha value is -1.22. The third kappa shape index (κ3) is 4.91. The summed E-state index contributed by atoms with van der Waals surface area (Å²) in [5, 5.41) is 0. The van der Waals surface area contributed by atoms with Gasteiger partial charge >= 0.3 is 0 Å². The highest BCUT2D eigenvalue weighted by Gasteiger charge is 2.36. The topological polar surface area (TPSA) is 20.3 Å². The molecular formula is C20H20Cl3NO. The van der Waals surface area contributed by atoms with Crippen LogP contribution in [0.5, 0.6) is 0 Å². The summed E-state index contributed by atoms with van der Waals surface area (Å²) in [5.74, 6) is 0.144. The van der Waals surface area contributed by atoms with Crippen LogP contribution in [0, 0.1) is 5.92 Å². The van der Waals surface area contributed by atoms with Gasteiger partial charge in [-0.05, 0) is 41.9 Å². The van der Waals surface area contributed by atoms with Gasteiger partial charge in [0.25, 0.3) is 9.70 Å². The number of likely N-dealkylation sites (tertiary alicyclic amines) is 1. The molecule has 2 nitrogen and oxygen atoms in total. The van der Waals surface area contributed by atoms with Crippen LogP contribution >= 0.6 is 34.8 Å². The van der Waals surface area contributed by atoms with E-state index in [0.29, 0.717) is 19.0 Å². The van der Waals surface area contributed by atoms with Crippen LogP contribution in [0.3, 0.4) is 0 Å². The Morgan fingerprint density at radius 1 is 0.920 bits per heavy atom. The lowest BCUT2D eigenvalue weighted by molar-refractivity contribution is -0.131. The molecule has 0 aromatic heterocycles. The zero-order valence-electron chi connectivity index (χ0n) is 13.8. The number of carbonyl (C=O) groups excluding carboxylic acids is 1. The van der Waals surface area contributed by atoms with Crippen LogP contribution < -0.4 is 0 Å². The van der Waals surface area contributed by atoms with Gasteiger partial charge < -0.3 is 4.90 Å². The molecule has 0 saturated carbocycles. The second kappa shape index (κ2) is 7.99. The molecule has 1 fully saturated rings. The van der Waals surface area contributed by atoms with Gasteiger partial charge in [0, 0.05) is 13.1 Å². The lowest BCUT2D eigenvalue weighted by Crippen LogP contribution is -2.44. The molecule has 5 heteroatoms. The predicted octanol–water partition coefficient (Wildman–Crippen LogP) is 5.50. The van der Waals surface area contributed by atoms with Crippen molar-refractivity contribution in [3.05, 3.63) is 60.2 Å². The molecular weight excluding hydrogens is 377 g/mol. The van der Waals surface area contributed by atoms with E-state index >= 15 is 0 Å². The maximum absolute atomic E-state index is 12.0. The fourth-order valence-electron chi connectivity index (χ4n) is 3.32. The molecule has 132 valence electrons. The van der Waals surface area contributed by atoms with E-state index in [0.717, 1.165) is 19.3 Å². The quantitative estimate of drug-likeness (QED) is 0.627. The highest BCUT2D eigenvalue weighted by atomic mass is 35.6. The average Bonchev–Trinajstić information content (AvgIpc) is 2.62. The van der Waals surface area contributed by atoms with Gasteiger partial charge in [-0.25, -0.2) is 0 Å². The third-order valence-corrected chi connectivity index (χ3v) is 5.21. The van der Waals surface area contributed by atoms with Crippen molar-refractivity contribution in [3.63, 3.8) is 0 Å². The number of hydrogen-bond donors (Lipinski definition) is 0. The number of amides is 1. The molecule has 1 amide bonds. The first-order valence-electron chi connectivity index (χ1n) is 8.44. The van der Waals surface area contributed by atoms with Gasteiger partial charge in [-0.15, -0.1) is 0 Å². The van der Waals surface area contributed by atoms with Crippen molar-refractivity contribution in [2.75, 3.05) is 13.1 Å². The van der Waals surface area contributed by atoms with E-state index < -0.39 is 9.70 Å². The molecule has 0 atom stereocenters. The number of hydrogen-bond acceptors (Lipinski definition) is 1. The van der Waals surface area contributed by atoms with E-state index in [1.807, 2.05) is 6.07 Å². The molecule has 1 heterocycles. The number of piperidine rings is 1. The highest BCUT2D eigenvalue weighted by molar-refractivity contribution is 6.76. The lowest BCUT2D eigenvalue weighted by Gasteiger charge is -2.33. The molecule has 2 aromatic carbocycles. The molecule has 0 spiro atoms. The van der Waals surface area contributed by atoms with Crippen LogP contribution in [-0.2, 0) is 11.2 Å². The van der Waals surface area contributed by atoms with E-state index in [4.69, 9.17) is 34.8 Å². The summed E-state index contributed by atoms with van der Waals surface area (Å²) in [4.78, 5) is 13.6. The van der Waals surface area contributed by atoms with E-state index in [2.05, 4.69) is 48.5 Å². The number of carbonyl (C=O) groups is 1. The van der Waals surface area contributed by atoms with Gasteiger partial charge in [0.15, 0.2) is 0 Å². The Bertz CT molecular complexity index is 702. The summed E-state index contributed by atoms with van der Waals surface area (Å²) in [6.45, 7) is 1.30. The second-order valence-corrected chi connectivity index (χ2v) is 8.78. The Balaban J connectivity index is 1.55. The molecule has 2 aromatic rings. The molecule has 0 aliphatic carbocycles. The van der Waals surface area contributed by atoms with Crippen molar-refractivity contribution >= 4 is 40.7 Å². The summed E-state index contributed by atoms with van der Waals surface area (Å²) in [6.07, 6.45) is 2.89. The number of rotatable bonds is 3. The van der Waals surface area contributed by atoms with Gasteiger partial charge in [0.05, 0.1) is 0 Å². The van der Waals surface area contributed by atoms with Crippen LogP contribution in [0.1, 0.15) is 18.4 Å². The number of nitrogens with zero attached hydrogens (tertiary/aromatic N) is 1. The van der Waals surface area contributed by atoms with Crippen LogP contribution in [0.25, 0.3) is 11.1 Å². The maximum atomic E-state index is 12.0. The summed E-state index contributed by atoms with van der Waals surface area (Å²) in [5.41, 5.74) is 3.78. The van der Waals surface area contributed by atoms with Gasteiger partial charge in [-0.2, -0.15) is 0 Å². The first kappa shape index (κ1) is 18.6. The van der Waals surface area contributed by atoms with E-state index in [-0.39, 0.29) is 0 Å². The molecule has 0 N–H and O–H groups in total. The highest BCUT2D eigenvalue weighted by Crippen LogP contribution is 2.31. The number of halogens is 3. The number of alkyl halides is 3. The first-order chi connectivity index (χ1) is 11.9. The second-order valence-electron chi connectivity index (χ2n) is 6.50. The van der Waals surface area contributed by atoms with Crippen LogP contribution in [-0.4, -0.2) is 27.7 Å². The molecule has 0 radical (unpaired) electrons. The average molecular weight is 397 g/mol. The van der Waals surface area contributed by atoms with E-state index in [9.17, 15) is 4.79 Å². The van der Waals surface area contributed by atoms with Crippen LogP contribution in [0.2, 0.25) is 0 Å². The van der Waals surface area contributed by atoms with E-state index in [1.54, 1.807) is 4.90 Å². The fraction of sp³-hybridized carbons (Fsp3) is 0.350.